The van der Waals surface area contributed by atoms with Crippen LogP contribution in [0.2, 0.25) is 10.0 Å². The lowest BCUT2D eigenvalue weighted by molar-refractivity contribution is -0.152. The van der Waals surface area contributed by atoms with Gasteiger partial charge in [-0.3, -0.25) is 9.59 Å². The molecule has 0 aliphatic rings. The molecule has 0 saturated carbocycles. The molecule has 0 unspecified atom stereocenters. The van der Waals surface area contributed by atoms with Crippen molar-refractivity contribution in [3.05, 3.63) is 33.8 Å². The zero-order valence-electron chi connectivity index (χ0n) is 11.5. The third-order valence-electron chi connectivity index (χ3n) is 2.63. The summed E-state index contributed by atoms with van der Waals surface area (Å²) < 4.78 is 10.2. The number of carbonyl (C=O) groups excluding carboxylic acids is 2. The minimum atomic E-state index is -0.600. The maximum absolute atomic E-state index is 11.2. The Morgan fingerprint density at radius 3 is 2.35 bits per heavy atom. The van der Waals surface area contributed by atoms with Crippen LogP contribution >= 0.6 is 23.2 Å². The molecule has 0 bridgehead atoms. The van der Waals surface area contributed by atoms with Crippen molar-refractivity contribution in [3.63, 3.8) is 0 Å². The zero-order chi connectivity index (χ0) is 15.3. The molecule has 0 aliphatic carbocycles. The number of carbonyl (C=O) groups is 2. The van der Waals surface area contributed by atoms with Gasteiger partial charge in [0.15, 0.2) is 0 Å². The van der Waals surface area contributed by atoms with Crippen molar-refractivity contribution in [2.75, 3.05) is 6.61 Å². The van der Waals surface area contributed by atoms with E-state index in [1.807, 2.05) is 6.92 Å². The average Bonchev–Trinajstić information content (AvgIpc) is 2.33. The van der Waals surface area contributed by atoms with Crippen LogP contribution in [-0.4, -0.2) is 18.5 Å². The standard InChI is InChI=1S/C14H16Cl2O4/c1-8(7-19-9(2)17)14(20-10(3)18)12-5-4-11(15)6-13(12)16/h4-6,8,14H,7H2,1-3H3/t8-,14+/m0/s1. The van der Waals surface area contributed by atoms with Crippen molar-refractivity contribution in [1.29, 1.82) is 0 Å². The molecular weight excluding hydrogens is 303 g/mol. The van der Waals surface area contributed by atoms with Crippen LogP contribution in [0.4, 0.5) is 0 Å². The fourth-order valence-electron chi connectivity index (χ4n) is 1.73. The lowest BCUT2D eigenvalue weighted by atomic mass is 9.97. The fourth-order valence-corrected chi connectivity index (χ4v) is 2.25. The van der Waals surface area contributed by atoms with Crippen LogP contribution < -0.4 is 0 Å². The van der Waals surface area contributed by atoms with E-state index in [1.165, 1.54) is 13.8 Å². The van der Waals surface area contributed by atoms with E-state index in [9.17, 15) is 9.59 Å². The van der Waals surface area contributed by atoms with Crippen molar-refractivity contribution in [1.82, 2.24) is 0 Å². The Kier molecular flexibility index (Phi) is 6.30. The first kappa shape index (κ1) is 16.8. The predicted octanol–water partition coefficient (Wildman–Crippen LogP) is 3.80. The average molecular weight is 319 g/mol. The monoisotopic (exact) mass is 318 g/mol. The molecule has 0 aliphatic heterocycles. The molecule has 0 radical (unpaired) electrons. The van der Waals surface area contributed by atoms with E-state index < -0.39 is 12.1 Å². The van der Waals surface area contributed by atoms with Gasteiger partial charge in [0.05, 0.1) is 6.61 Å². The highest BCUT2D eigenvalue weighted by molar-refractivity contribution is 6.35. The van der Waals surface area contributed by atoms with E-state index >= 15 is 0 Å². The molecule has 6 heteroatoms. The molecule has 110 valence electrons. The van der Waals surface area contributed by atoms with Crippen LogP contribution in [-0.2, 0) is 19.1 Å². The SMILES string of the molecule is CC(=O)OC[C@H](C)[C@@H](OC(C)=O)c1ccc(Cl)cc1Cl. The Bertz CT molecular complexity index is 502. The molecule has 2 atom stereocenters. The maximum Gasteiger partial charge on any atom is 0.303 e. The summed E-state index contributed by atoms with van der Waals surface area (Å²) in [6, 6.07) is 4.94. The summed E-state index contributed by atoms with van der Waals surface area (Å²) in [5, 5.41) is 0.895. The highest BCUT2D eigenvalue weighted by Crippen LogP contribution is 2.33. The summed E-state index contributed by atoms with van der Waals surface area (Å²) in [6.45, 7) is 4.58. The fraction of sp³-hybridized carbons (Fsp3) is 0.429. The second-order valence-corrected chi connectivity index (χ2v) is 5.32. The van der Waals surface area contributed by atoms with Crippen molar-refractivity contribution >= 4 is 35.1 Å². The van der Waals surface area contributed by atoms with E-state index in [-0.39, 0.29) is 18.5 Å². The molecule has 0 N–H and O–H groups in total. The highest BCUT2D eigenvalue weighted by atomic mass is 35.5. The molecule has 0 fully saturated rings. The third-order valence-corrected chi connectivity index (χ3v) is 3.19. The second kappa shape index (κ2) is 7.50. The van der Waals surface area contributed by atoms with Crippen LogP contribution in [0.5, 0.6) is 0 Å². The van der Waals surface area contributed by atoms with Gasteiger partial charge in [0.2, 0.25) is 0 Å². The van der Waals surface area contributed by atoms with Crippen molar-refractivity contribution in [3.8, 4) is 0 Å². The Labute approximate surface area is 128 Å². The van der Waals surface area contributed by atoms with Crippen LogP contribution in [0, 0.1) is 5.92 Å². The van der Waals surface area contributed by atoms with Crippen LogP contribution in [0.1, 0.15) is 32.4 Å². The van der Waals surface area contributed by atoms with Gasteiger partial charge in [-0.2, -0.15) is 0 Å². The maximum atomic E-state index is 11.2. The molecule has 0 heterocycles. The molecular formula is C14H16Cl2O4. The van der Waals surface area contributed by atoms with Crippen LogP contribution in [0.15, 0.2) is 18.2 Å². The molecule has 0 aromatic heterocycles. The number of hydrogen-bond donors (Lipinski definition) is 0. The van der Waals surface area contributed by atoms with Gasteiger partial charge >= 0.3 is 11.9 Å². The van der Waals surface area contributed by atoms with Crippen molar-refractivity contribution < 1.29 is 19.1 Å². The molecule has 1 aromatic carbocycles. The number of benzene rings is 1. The topological polar surface area (TPSA) is 52.6 Å². The molecule has 1 aromatic rings. The number of ether oxygens (including phenoxy) is 2. The van der Waals surface area contributed by atoms with Crippen molar-refractivity contribution in [2.24, 2.45) is 5.92 Å². The van der Waals surface area contributed by atoms with Gasteiger partial charge in [0, 0.05) is 35.4 Å². The van der Waals surface area contributed by atoms with Gasteiger partial charge in [0.1, 0.15) is 6.10 Å². The van der Waals surface area contributed by atoms with Gasteiger partial charge in [-0.25, -0.2) is 0 Å². The minimum Gasteiger partial charge on any atom is -0.465 e. The molecule has 4 nitrogen and oxygen atoms in total. The first-order valence-electron chi connectivity index (χ1n) is 6.06. The number of halogens is 2. The smallest absolute Gasteiger partial charge is 0.303 e. The third kappa shape index (κ3) is 5.02. The van der Waals surface area contributed by atoms with E-state index in [0.717, 1.165) is 0 Å². The molecule has 0 amide bonds. The predicted molar refractivity (Wildman–Crippen MR) is 76.8 cm³/mol. The highest BCUT2D eigenvalue weighted by Gasteiger charge is 2.25. The number of hydrogen-bond acceptors (Lipinski definition) is 4. The van der Waals surface area contributed by atoms with Gasteiger partial charge in [-0.1, -0.05) is 36.2 Å². The van der Waals surface area contributed by atoms with Crippen LogP contribution in [0.25, 0.3) is 0 Å². The Morgan fingerprint density at radius 2 is 1.85 bits per heavy atom. The second-order valence-electron chi connectivity index (χ2n) is 4.48. The molecule has 1 rings (SSSR count). The normalized spacial score (nSPS) is 13.4. The van der Waals surface area contributed by atoms with Gasteiger partial charge in [-0.05, 0) is 12.1 Å². The molecule has 0 spiro atoms. The first-order valence-corrected chi connectivity index (χ1v) is 6.82. The van der Waals surface area contributed by atoms with E-state index in [1.54, 1.807) is 18.2 Å². The summed E-state index contributed by atoms with van der Waals surface area (Å²) in [7, 11) is 0. The number of esters is 2. The Morgan fingerprint density at radius 1 is 1.20 bits per heavy atom. The van der Waals surface area contributed by atoms with Crippen molar-refractivity contribution in [2.45, 2.75) is 26.9 Å². The Balaban J connectivity index is 2.98. The molecule has 20 heavy (non-hydrogen) atoms. The number of rotatable bonds is 5. The first-order chi connectivity index (χ1) is 9.31. The summed E-state index contributed by atoms with van der Waals surface area (Å²) in [5.74, 6) is -1.06. The van der Waals surface area contributed by atoms with E-state index in [4.69, 9.17) is 32.7 Å². The largest absolute Gasteiger partial charge is 0.465 e. The van der Waals surface area contributed by atoms with E-state index in [2.05, 4.69) is 0 Å². The Hall–Kier alpha value is -1.26. The van der Waals surface area contributed by atoms with Crippen LogP contribution in [0.3, 0.4) is 0 Å². The summed E-state index contributed by atoms with van der Waals surface area (Å²) in [4.78, 5) is 22.1. The van der Waals surface area contributed by atoms with Gasteiger partial charge in [-0.15, -0.1) is 0 Å². The summed E-state index contributed by atoms with van der Waals surface area (Å²) in [5.41, 5.74) is 0.630. The summed E-state index contributed by atoms with van der Waals surface area (Å²) >= 11 is 12.0. The lowest BCUT2D eigenvalue weighted by Gasteiger charge is -2.24. The quantitative estimate of drug-likeness (QED) is 0.775. The van der Waals surface area contributed by atoms with E-state index in [0.29, 0.717) is 15.6 Å². The lowest BCUT2D eigenvalue weighted by Crippen LogP contribution is -2.22. The zero-order valence-corrected chi connectivity index (χ0v) is 13.0. The van der Waals surface area contributed by atoms with Gasteiger partial charge in [0.25, 0.3) is 0 Å². The summed E-state index contributed by atoms with van der Waals surface area (Å²) in [6.07, 6.45) is -0.600. The molecule has 0 saturated heterocycles. The minimum absolute atomic E-state index is 0.131. The van der Waals surface area contributed by atoms with Gasteiger partial charge < -0.3 is 9.47 Å².